The van der Waals surface area contributed by atoms with Gasteiger partial charge in [-0.25, -0.2) is 13.4 Å². The summed E-state index contributed by atoms with van der Waals surface area (Å²) in [7, 11) is -3.75. The molecule has 0 bridgehead atoms. The normalized spacial score (nSPS) is 15.7. The number of primary amides is 1. The van der Waals surface area contributed by atoms with Gasteiger partial charge in [0.05, 0.1) is 5.69 Å². The monoisotopic (exact) mass is 580 g/mol. The second kappa shape index (κ2) is 12.3. The summed E-state index contributed by atoms with van der Waals surface area (Å²) in [6, 6.07) is 19.5. The van der Waals surface area contributed by atoms with Crippen LogP contribution in [0.25, 0.3) is 6.08 Å². The number of nitrogens with two attached hydrogens (primary N) is 3. The minimum Gasteiger partial charge on any atom is -0.370 e. The summed E-state index contributed by atoms with van der Waals surface area (Å²) < 4.78 is 27.6. The molecule has 1 aliphatic rings. The van der Waals surface area contributed by atoms with Gasteiger partial charge >= 0.3 is 0 Å². The Hall–Kier alpha value is -4.19. The lowest BCUT2D eigenvalue weighted by Gasteiger charge is -2.29. The number of rotatable bonds is 9. The summed E-state index contributed by atoms with van der Waals surface area (Å²) in [5, 5.41) is 1.71. The molecule has 12 heteroatoms. The fourth-order valence-corrected chi connectivity index (χ4v) is 5.77. The van der Waals surface area contributed by atoms with Crippen molar-refractivity contribution in [3.05, 3.63) is 105 Å². The van der Waals surface area contributed by atoms with Gasteiger partial charge in [-0.15, -0.1) is 0 Å². The Labute approximate surface area is 237 Å². The first-order valence-corrected chi connectivity index (χ1v) is 14.2. The highest BCUT2D eigenvalue weighted by molar-refractivity contribution is 7.92. The molecule has 1 unspecified atom stereocenters. The molecule has 0 saturated carbocycles. The van der Waals surface area contributed by atoms with Crippen LogP contribution >= 0.6 is 11.6 Å². The Morgan fingerprint density at radius 2 is 1.70 bits per heavy atom. The van der Waals surface area contributed by atoms with Crippen molar-refractivity contribution >= 4 is 51.2 Å². The average Bonchev–Trinajstić information content (AvgIpc) is 3.42. The lowest BCUT2D eigenvalue weighted by atomic mass is 10.1. The number of halogens is 1. The van der Waals surface area contributed by atoms with Gasteiger partial charge in [-0.2, -0.15) is 4.31 Å². The van der Waals surface area contributed by atoms with E-state index in [0.29, 0.717) is 39.4 Å². The number of benzene rings is 3. The molecule has 2 amide bonds. The molecular formula is C28H29ClN6O4S. The summed E-state index contributed by atoms with van der Waals surface area (Å²) in [6.45, 7) is 0.502. The van der Waals surface area contributed by atoms with E-state index in [4.69, 9.17) is 28.8 Å². The van der Waals surface area contributed by atoms with Crippen molar-refractivity contribution in [2.24, 2.45) is 22.2 Å². The van der Waals surface area contributed by atoms with Crippen LogP contribution < -0.4 is 17.2 Å². The highest BCUT2D eigenvalue weighted by Crippen LogP contribution is 2.25. The van der Waals surface area contributed by atoms with Gasteiger partial charge in [-0.3, -0.25) is 9.59 Å². The van der Waals surface area contributed by atoms with E-state index in [0.717, 1.165) is 5.41 Å². The third kappa shape index (κ3) is 7.26. The maximum Gasteiger partial charge on any atom is 0.254 e. The standard InChI is InChI=1S/C28H29ClN6O4S/c29-23-8-4-19(5-9-23)13-15-40(38,39)34-14-12-25(18-34)35(17-20-2-1-3-22(16-20)26(30)36)27(37)21-6-10-24(11-7-21)33-28(31)32/h1-11,13,15-16,25H,12,14,17-18H2,(H2,30,36)(H4,31,32,33)/b15-13+. The molecule has 10 nitrogen and oxygen atoms in total. The molecule has 0 spiro atoms. The molecule has 40 heavy (non-hydrogen) atoms. The second-order valence-corrected chi connectivity index (χ2v) is 11.5. The molecule has 0 aliphatic carbocycles. The van der Waals surface area contributed by atoms with E-state index < -0.39 is 22.0 Å². The number of hydrogen-bond donors (Lipinski definition) is 3. The Kier molecular flexibility index (Phi) is 8.88. The zero-order valence-electron chi connectivity index (χ0n) is 21.5. The number of guanidine groups is 1. The molecule has 6 N–H and O–H groups in total. The molecule has 1 saturated heterocycles. The number of carbonyl (C=O) groups is 2. The quantitative estimate of drug-likeness (QED) is 0.260. The van der Waals surface area contributed by atoms with Gasteiger partial charge in [0.2, 0.25) is 15.9 Å². The van der Waals surface area contributed by atoms with Crippen LogP contribution in [0.15, 0.2) is 83.2 Å². The number of aliphatic imine (C=N–C) groups is 1. The van der Waals surface area contributed by atoms with Gasteiger partial charge in [0.25, 0.3) is 5.91 Å². The highest BCUT2D eigenvalue weighted by Gasteiger charge is 2.35. The maximum atomic E-state index is 13.7. The van der Waals surface area contributed by atoms with E-state index in [1.54, 1.807) is 77.7 Å². The van der Waals surface area contributed by atoms with Gasteiger partial charge in [0, 0.05) is 47.2 Å². The fraction of sp³-hybridized carbons (Fsp3) is 0.179. The van der Waals surface area contributed by atoms with Crippen LogP contribution in [0.4, 0.5) is 5.69 Å². The van der Waals surface area contributed by atoms with Crippen LogP contribution in [0.3, 0.4) is 0 Å². The van der Waals surface area contributed by atoms with Crippen LogP contribution in [-0.4, -0.2) is 54.5 Å². The van der Waals surface area contributed by atoms with Gasteiger partial charge in [0.1, 0.15) is 0 Å². The second-order valence-electron chi connectivity index (χ2n) is 9.28. The minimum absolute atomic E-state index is 0.104. The molecule has 1 heterocycles. The Balaban J connectivity index is 1.58. The minimum atomic E-state index is -3.75. The van der Waals surface area contributed by atoms with E-state index in [-0.39, 0.29) is 31.5 Å². The van der Waals surface area contributed by atoms with E-state index in [9.17, 15) is 18.0 Å². The smallest absolute Gasteiger partial charge is 0.254 e. The number of amides is 2. The van der Waals surface area contributed by atoms with E-state index in [1.807, 2.05) is 0 Å². The van der Waals surface area contributed by atoms with Crippen LogP contribution in [-0.2, 0) is 16.6 Å². The molecular weight excluding hydrogens is 552 g/mol. The Morgan fingerprint density at radius 3 is 2.35 bits per heavy atom. The zero-order chi connectivity index (χ0) is 28.9. The molecule has 3 aromatic carbocycles. The molecule has 4 rings (SSSR count). The van der Waals surface area contributed by atoms with Crippen LogP contribution in [0.2, 0.25) is 5.02 Å². The Bertz CT molecular complexity index is 1550. The van der Waals surface area contributed by atoms with Gasteiger partial charge < -0.3 is 22.1 Å². The van der Waals surface area contributed by atoms with Gasteiger partial charge in [-0.1, -0.05) is 35.9 Å². The fourth-order valence-electron chi connectivity index (χ4n) is 4.40. The number of nitrogens with zero attached hydrogens (tertiary/aromatic N) is 3. The van der Waals surface area contributed by atoms with Gasteiger partial charge in [0.15, 0.2) is 5.96 Å². The maximum absolute atomic E-state index is 13.7. The number of hydrogen-bond acceptors (Lipinski definition) is 5. The largest absolute Gasteiger partial charge is 0.370 e. The molecule has 1 fully saturated rings. The van der Waals surface area contributed by atoms with Crippen molar-refractivity contribution < 1.29 is 18.0 Å². The zero-order valence-corrected chi connectivity index (χ0v) is 23.1. The first-order valence-electron chi connectivity index (χ1n) is 12.3. The number of sulfonamides is 1. The van der Waals surface area contributed by atoms with Crippen molar-refractivity contribution in [3.63, 3.8) is 0 Å². The van der Waals surface area contributed by atoms with E-state index in [1.165, 1.54) is 10.4 Å². The summed E-state index contributed by atoms with van der Waals surface area (Å²) in [6.07, 6.45) is 1.94. The van der Waals surface area contributed by atoms with Crippen LogP contribution in [0.1, 0.15) is 38.3 Å². The summed E-state index contributed by atoms with van der Waals surface area (Å²) in [5.74, 6) is -0.991. The first-order chi connectivity index (χ1) is 19.0. The lowest BCUT2D eigenvalue weighted by Crippen LogP contribution is -2.42. The number of carbonyl (C=O) groups excluding carboxylic acids is 2. The SMILES string of the molecule is NC(=O)c1cccc(CN(C(=O)c2ccc(N=C(N)N)cc2)C2CCN(S(=O)(=O)/C=C/c3ccc(Cl)cc3)C2)c1. The third-order valence-electron chi connectivity index (χ3n) is 6.43. The summed E-state index contributed by atoms with van der Waals surface area (Å²) >= 11 is 5.91. The summed E-state index contributed by atoms with van der Waals surface area (Å²) in [4.78, 5) is 31.1. The predicted octanol–water partition coefficient (Wildman–Crippen LogP) is 3.06. The summed E-state index contributed by atoms with van der Waals surface area (Å²) in [5.41, 5.74) is 18.9. The molecule has 208 valence electrons. The molecule has 0 radical (unpaired) electrons. The topological polar surface area (TPSA) is 165 Å². The van der Waals surface area contributed by atoms with E-state index in [2.05, 4.69) is 4.99 Å². The van der Waals surface area contributed by atoms with Crippen molar-refractivity contribution in [3.8, 4) is 0 Å². The van der Waals surface area contributed by atoms with Crippen LogP contribution in [0, 0.1) is 0 Å². The third-order valence-corrected chi connectivity index (χ3v) is 8.21. The highest BCUT2D eigenvalue weighted by atomic mass is 35.5. The first kappa shape index (κ1) is 28.8. The lowest BCUT2D eigenvalue weighted by molar-refractivity contribution is 0.0671. The van der Waals surface area contributed by atoms with Crippen LogP contribution in [0.5, 0.6) is 0 Å². The molecule has 0 aromatic heterocycles. The Morgan fingerprint density at radius 1 is 1.00 bits per heavy atom. The molecule has 1 aliphatic heterocycles. The van der Waals surface area contributed by atoms with E-state index >= 15 is 0 Å². The predicted molar refractivity (Wildman–Crippen MR) is 156 cm³/mol. The van der Waals surface area contributed by atoms with Crippen molar-refractivity contribution in [1.29, 1.82) is 0 Å². The van der Waals surface area contributed by atoms with Crippen molar-refractivity contribution in [2.45, 2.75) is 19.0 Å². The molecule has 3 aromatic rings. The van der Waals surface area contributed by atoms with Crippen molar-refractivity contribution in [1.82, 2.24) is 9.21 Å². The average molecular weight is 581 g/mol. The van der Waals surface area contributed by atoms with Crippen molar-refractivity contribution in [2.75, 3.05) is 13.1 Å². The molecule has 1 atom stereocenters. The van der Waals surface area contributed by atoms with Gasteiger partial charge in [-0.05, 0) is 72.2 Å².